The summed E-state index contributed by atoms with van der Waals surface area (Å²) in [7, 11) is 1.63. The molecule has 0 unspecified atom stereocenters. The van der Waals surface area contributed by atoms with Crippen LogP contribution in [-0.4, -0.2) is 18.9 Å². The Kier molecular flexibility index (Phi) is 4.79. The Balaban J connectivity index is 1.49. The standard InChI is InChI=1S/C19H20N2O3/c1-24-16-4-2-3-13(10-16)6-8-18(22)20-12-14-5-7-17-15(9-14)11-19(23)21-17/h2-5,7,9-10H,6,8,11-12H2,1H3,(H,20,22)(H,21,23). The first-order valence-electron chi connectivity index (χ1n) is 7.95. The third kappa shape index (κ3) is 3.93. The second-order valence-electron chi connectivity index (χ2n) is 5.84. The topological polar surface area (TPSA) is 67.4 Å². The second-order valence-corrected chi connectivity index (χ2v) is 5.84. The summed E-state index contributed by atoms with van der Waals surface area (Å²) in [6.07, 6.45) is 1.51. The Morgan fingerprint density at radius 2 is 2.08 bits per heavy atom. The number of amides is 2. The molecule has 5 nitrogen and oxygen atoms in total. The Bertz CT molecular complexity index is 771. The van der Waals surface area contributed by atoms with Crippen LogP contribution in [0.3, 0.4) is 0 Å². The summed E-state index contributed by atoms with van der Waals surface area (Å²) in [6.45, 7) is 0.471. The van der Waals surface area contributed by atoms with Gasteiger partial charge < -0.3 is 15.4 Å². The lowest BCUT2D eigenvalue weighted by Crippen LogP contribution is -2.23. The minimum Gasteiger partial charge on any atom is -0.497 e. The fourth-order valence-corrected chi connectivity index (χ4v) is 2.77. The fraction of sp³-hybridized carbons (Fsp3) is 0.263. The summed E-state index contributed by atoms with van der Waals surface area (Å²) in [5, 5.41) is 5.73. The van der Waals surface area contributed by atoms with Gasteiger partial charge in [0.15, 0.2) is 0 Å². The summed E-state index contributed by atoms with van der Waals surface area (Å²) < 4.78 is 5.18. The number of hydrogen-bond donors (Lipinski definition) is 2. The van der Waals surface area contributed by atoms with E-state index in [9.17, 15) is 9.59 Å². The van der Waals surface area contributed by atoms with Gasteiger partial charge in [-0.1, -0.05) is 24.3 Å². The summed E-state index contributed by atoms with van der Waals surface area (Å²) >= 11 is 0. The van der Waals surface area contributed by atoms with E-state index in [1.165, 1.54) is 0 Å². The van der Waals surface area contributed by atoms with Crippen molar-refractivity contribution in [2.75, 3.05) is 12.4 Å². The highest BCUT2D eigenvalue weighted by molar-refractivity contribution is 5.99. The molecule has 5 heteroatoms. The lowest BCUT2D eigenvalue weighted by atomic mass is 10.1. The third-order valence-electron chi connectivity index (χ3n) is 4.06. The van der Waals surface area contributed by atoms with Gasteiger partial charge in [-0.25, -0.2) is 0 Å². The first kappa shape index (κ1) is 16.1. The number of carbonyl (C=O) groups is 2. The first-order chi connectivity index (χ1) is 11.6. The zero-order valence-corrected chi connectivity index (χ0v) is 13.6. The predicted octanol–water partition coefficient (Wildman–Crippen LogP) is 2.44. The molecule has 0 saturated heterocycles. The van der Waals surface area contributed by atoms with Crippen LogP contribution < -0.4 is 15.4 Å². The van der Waals surface area contributed by atoms with Crippen molar-refractivity contribution < 1.29 is 14.3 Å². The summed E-state index contributed by atoms with van der Waals surface area (Å²) in [5.74, 6) is 0.825. The predicted molar refractivity (Wildman–Crippen MR) is 91.9 cm³/mol. The molecule has 0 fully saturated rings. The van der Waals surface area contributed by atoms with Crippen molar-refractivity contribution in [2.24, 2.45) is 0 Å². The van der Waals surface area contributed by atoms with Gasteiger partial charge in [0.1, 0.15) is 5.75 Å². The zero-order chi connectivity index (χ0) is 16.9. The number of nitrogens with one attached hydrogen (secondary N) is 2. The van der Waals surface area contributed by atoms with Crippen LogP contribution in [0.15, 0.2) is 42.5 Å². The number of fused-ring (bicyclic) bond motifs is 1. The third-order valence-corrected chi connectivity index (χ3v) is 4.06. The average Bonchev–Trinajstić information content (AvgIpc) is 2.97. The molecule has 124 valence electrons. The van der Waals surface area contributed by atoms with Crippen LogP contribution in [0.25, 0.3) is 0 Å². The number of anilines is 1. The molecule has 0 aromatic heterocycles. The van der Waals surface area contributed by atoms with Crippen LogP contribution in [0.5, 0.6) is 5.75 Å². The molecule has 2 amide bonds. The van der Waals surface area contributed by atoms with E-state index < -0.39 is 0 Å². The molecular weight excluding hydrogens is 304 g/mol. The molecule has 1 aliphatic rings. The van der Waals surface area contributed by atoms with Crippen molar-refractivity contribution in [1.29, 1.82) is 0 Å². The van der Waals surface area contributed by atoms with Gasteiger partial charge in [0.25, 0.3) is 0 Å². The molecule has 2 N–H and O–H groups in total. The maximum Gasteiger partial charge on any atom is 0.228 e. The van der Waals surface area contributed by atoms with Gasteiger partial charge >= 0.3 is 0 Å². The van der Waals surface area contributed by atoms with Crippen molar-refractivity contribution >= 4 is 17.5 Å². The minimum absolute atomic E-state index is 0.00696. The smallest absolute Gasteiger partial charge is 0.228 e. The molecule has 0 saturated carbocycles. The highest BCUT2D eigenvalue weighted by Crippen LogP contribution is 2.23. The summed E-state index contributed by atoms with van der Waals surface area (Å²) in [6, 6.07) is 13.5. The van der Waals surface area contributed by atoms with Crippen molar-refractivity contribution in [3.05, 3.63) is 59.2 Å². The van der Waals surface area contributed by atoms with Crippen molar-refractivity contribution in [1.82, 2.24) is 5.32 Å². The Morgan fingerprint density at radius 3 is 2.92 bits per heavy atom. The van der Waals surface area contributed by atoms with Gasteiger partial charge in [0.2, 0.25) is 11.8 Å². The number of aryl methyl sites for hydroxylation is 1. The molecule has 24 heavy (non-hydrogen) atoms. The lowest BCUT2D eigenvalue weighted by molar-refractivity contribution is -0.121. The Labute approximate surface area is 141 Å². The van der Waals surface area contributed by atoms with Gasteiger partial charge in [0, 0.05) is 18.7 Å². The second kappa shape index (κ2) is 7.17. The van der Waals surface area contributed by atoms with Crippen LogP contribution in [0.1, 0.15) is 23.1 Å². The number of methoxy groups -OCH3 is 1. The molecule has 2 aromatic rings. The van der Waals surface area contributed by atoms with E-state index >= 15 is 0 Å². The average molecular weight is 324 g/mol. The number of rotatable bonds is 6. The molecule has 0 aliphatic carbocycles. The van der Waals surface area contributed by atoms with Gasteiger partial charge in [-0.2, -0.15) is 0 Å². The fourth-order valence-electron chi connectivity index (χ4n) is 2.77. The molecule has 0 bridgehead atoms. The monoisotopic (exact) mass is 324 g/mol. The maximum atomic E-state index is 12.0. The van der Waals surface area contributed by atoms with Crippen LogP contribution in [0.4, 0.5) is 5.69 Å². The van der Waals surface area contributed by atoms with E-state index in [-0.39, 0.29) is 11.8 Å². The van der Waals surface area contributed by atoms with Crippen molar-refractivity contribution in [3.8, 4) is 5.75 Å². The van der Waals surface area contributed by atoms with Gasteiger partial charge in [0.05, 0.1) is 13.5 Å². The van der Waals surface area contributed by atoms with E-state index in [0.29, 0.717) is 25.8 Å². The lowest BCUT2D eigenvalue weighted by Gasteiger charge is -2.08. The molecule has 0 atom stereocenters. The van der Waals surface area contributed by atoms with Gasteiger partial charge in [-0.15, -0.1) is 0 Å². The van der Waals surface area contributed by atoms with E-state index in [4.69, 9.17) is 4.74 Å². The first-order valence-corrected chi connectivity index (χ1v) is 7.95. The normalized spacial score (nSPS) is 12.5. The summed E-state index contributed by atoms with van der Waals surface area (Å²) in [5.41, 5.74) is 3.93. The largest absolute Gasteiger partial charge is 0.497 e. The summed E-state index contributed by atoms with van der Waals surface area (Å²) in [4.78, 5) is 23.4. The van der Waals surface area contributed by atoms with Crippen molar-refractivity contribution in [2.45, 2.75) is 25.8 Å². The number of carbonyl (C=O) groups excluding carboxylic acids is 2. The van der Waals surface area contributed by atoms with E-state index in [2.05, 4.69) is 10.6 Å². The molecule has 3 rings (SSSR count). The molecule has 1 heterocycles. The van der Waals surface area contributed by atoms with E-state index in [1.54, 1.807) is 7.11 Å². The maximum absolute atomic E-state index is 12.0. The van der Waals surface area contributed by atoms with Crippen LogP contribution in [0, 0.1) is 0 Å². The zero-order valence-electron chi connectivity index (χ0n) is 13.6. The molecule has 2 aromatic carbocycles. The van der Waals surface area contributed by atoms with Crippen LogP contribution in [0.2, 0.25) is 0 Å². The number of hydrogen-bond acceptors (Lipinski definition) is 3. The van der Waals surface area contributed by atoms with Crippen LogP contribution >= 0.6 is 0 Å². The molecule has 0 spiro atoms. The van der Waals surface area contributed by atoms with E-state index in [0.717, 1.165) is 28.1 Å². The number of benzene rings is 2. The molecular formula is C19H20N2O3. The SMILES string of the molecule is COc1cccc(CCC(=O)NCc2ccc3c(c2)CC(=O)N3)c1. The quantitative estimate of drug-likeness (QED) is 0.857. The van der Waals surface area contributed by atoms with Gasteiger partial charge in [-0.05, 0) is 41.3 Å². The van der Waals surface area contributed by atoms with Crippen LogP contribution in [-0.2, 0) is 29.0 Å². The molecule has 0 radical (unpaired) electrons. The van der Waals surface area contributed by atoms with Crippen molar-refractivity contribution in [3.63, 3.8) is 0 Å². The Morgan fingerprint density at radius 1 is 1.21 bits per heavy atom. The number of ether oxygens (including phenoxy) is 1. The highest BCUT2D eigenvalue weighted by atomic mass is 16.5. The van der Waals surface area contributed by atoms with E-state index in [1.807, 2.05) is 42.5 Å². The van der Waals surface area contributed by atoms with Gasteiger partial charge in [-0.3, -0.25) is 9.59 Å². The highest BCUT2D eigenvalue weighted by Gasteiger charge is 2.17. The minimum atomic E-state index is 0.00696. The molecule has 1 aliphatic heterocycles. The Hall–Kier alpha value is -2.82.